The summed E-state index contributed by atoms with van der Waals surface area (Å²) >= 11 is 5.86. The largest absolute Gasteiger partial charge is 0.365 e. The van der Waals surface area contributed by atoms with Crippen LogP contribution in [0, 0.1) is 17.1 Å². The van der Waals surface area contributed by atoms with Gasteiger partial charge < -0.3 is 10.7 Å². The van der Waals surface area contributed by atoms with E-state index < -0.39 is 17.2 Å². The van der Waals surface area contributed by atoms with Gasteiger partial charge in [0.1, 0.15) is 11.4 Å². The maximum Gasteiger partial charge on any atom is 0.254 e. The van der Waals surface area contributed by atoms with Crippen LogP contribution in [0.5, 0.6) is 0 Å². The first kappa shape index (κ1) is 18.4. The number of hydrogen-bond acceptors (Lipinski definition) is 3. The van der Waals surface area contributed by atoms with Crippen molar-refractivity contribution in [2.75, 3.05) is 0 Å². The van der Waals surface area contributed by atoms with Crippen LogP contribution in [0.2, 0.25) is 5.02 Å². The number of carbonyl (C=O) groups excluding carboxylic acids is 1. The minimum atomic E-state index is -0.902. The molecule has 27 heavy (non-hydrogen) atoms. The van der Waals surface area contributed by atoms with Crippen molar-refractivity contribution in [3.63, 3.8) is 0 Å². The van der Waals surface area contributed by atoms with Crippen LogP contribution in [-0.4, -0.2) is 10.9 Å². The van der Waals surface area contributed by atoms with Crippen molar-refractivity contribution in [3.8, 4) is 6.07 Å². The smallest absolute Gasteiger partial charge is 0.254 e. The molecule has 0 aliphatic carbocycles. The summed E-state index contributed by atoms with van der Waals surface area (Å²) in [6, 6.07) is 11.2. The van der Waals surface area contributed by atoms with E-state index in [9.17, 15) is 14.0 Å². The van der Waals surface area contributed by atoms with Gasteiger partial charge in [-0.3, -0.25) is 9.59 Å². The highest BCUT2D eigenvalue weighted by Gasteiger charge is 2.19. The van der Waals surface area contributed by atoms with E-state index in [0.29, 0.717) is 10.6 Å². The number of nitrogens with zero attached hydrogens (tertiary/aromatic N) is 1. The number of benzene rings is 2. The number of nitrogens with two attached hydrogens (primary N) is 1. The lowest BCUT2D eigenvalue weighted by molar-refractivity contribution is 0.0998. The van der Waals surface area contributed by atoms with Crippen LogP contribution in [0.4, 0.5) is 4.39 Å². The van der Waals surface area contributed by atoms with Crippen molar-refractivity contribution in [1.29, 1.82) is 5.26 Å². The summed E-state index contributed by atoms with van der Waals surface area (Å²) < 4.78 is 14.5. The number of nitriles is 1. The van der Waals surface area contributed by atoms with Gasteiger partial charge in [0.2, 0.25) is 5.43 Å². The van der Waals surface area contributed by atoms with E-state index in [4.69, 9.17) is 22.6 Å². The van der Waals surface area contributed by atoms with Crippen LogP contribution >= 0.6 is 11.6 Å². The molecular formula is C20H13ClFN3O2. The number of hydrogen-bond donors (Lipinski definition) is 2. The fraction of sp³-hybridized carbons (Fsp3) is 0.0500. The van der Waals surface area contributed by atoms with Crippen molar-refractivity contribution in [3.05, 3.63) is 85.9 Å². The van der Waals surface area contributed by atoms with E-state index in [-0.39, 0.29) is 28.6 Å². The molecule has 3 N–H and O–H groups in total. The molecule has 2 aromatic carbocycles. The zero-order valence-electron chi connectivity index (χ0n) is 13.9. The summed E-state index contributed by atoms with van der Waals surface area (Å²) in [5, 5.41) is 9.14. The molecule has 7 heteroatoms. The highest BCUT2D eigenvalue weighted by molar-refractivity contribution is 6.30. The summed E-state index contributed by atoms with van der Waals surface area (Å²) in [4.78, 5) is 27.6. The summed E-state index contributed by atoms with van der Waals surface area (Å²) in [6.45, 7) is 0. The first-order chi connectivity index (χ1) is 12.9. The molecule has 1 heterocycles. The normalized spacial score (nSPS) is 11.0. The summed E-state index contributed by atoms with van der Waals surface area (Å²) in [5.74, 6) is -1.57. The maximum absolute atomic E-state index is 14.5. The number of halogens is 2. The number of amides is 1. The zero-order chi connectivity index (χ0) is 19.6. The van der Waals surface area contributed by atoms with Gasteiger partial charge in [0.25, 0.3) is 5.91 Å². The molecule has 0 fully saturated rings. The van der Waals surface area contributed by atoms with Crippen molar-refractivity contribution in [2.45, 2.75) is 6.42 Å². The molecule has 0 saturated heterocycles. The molecule has 3 rings (SSSR count). The van der Waals surface area contributed by atoms with E-state index in [1.807, 2.05) is 0 Å². The van der Waals surface area contributed by atoms with Gasteiger partial charge in [-0.15, -0.1) is 0 Å². The lowest BCUT2D eigenvalue weighted by Crippen LogP contribution is -2.26. The summed E-state index contributed by atoms with van der Waals surface area (Å²) in [6.07, 6.45) is 2.71. The van der Waals surface area contributed by atoms with Crippen LogP contribution in [0.25, 0.3) is 17.0 Å². The monoisotopic (exact) mass is 381 g/mol. The van der Waals surface area contributed by atoms with Crippen LogP contribution in [0.1, 0.15) is 27.2 Å². The zero-order valence-corrected chi connectivity index (χ0v) is 14.7. The number of H-pyrrole nitrogens is 1. The topological polar surface area (TPSA) is 99.7 Å². The lowest BCUT2D eigenvalue weighted by atomic mass is 10.0. The van der Waals surface area contributed by atoms with Gasteiger partial charge in [-0.1, -0.05) is 23.7 Å². The van der Waals surface area contributed by atoms with E-state index in [1.54, 1.807) is 30.3 Å². The Hall–Kier alpha value is -3.43. The Morgan fingerprint density at radius 1 is 1.30 bits per heavy atom. The number of allylic oxidation sites excluding steroid dienone is 1. The number of aromatic nitrogens is 1. The molecule has 0 aliphatic heterocycles. The molecule has 1 amide bonds. The number of pyridine rings is 1. The van der Waals surface area contributed by atoms with Crippen molar-refractivity contribution in [2.24, 2.45) is 5.73 Å². The Labute approximate surface area is 158 Å². The number of primary amides is 1. The minimum absolute atomic E-state index is 0.0127. The number of carbonyl (C=O) groups is 1. The Morgan fingerprint density at radius 3 is 2.63 bits per heavy atom. The van der Waals surface area contributed by atoms with Crippen molar-refractivity contribution >= 4 is 34.5 Å². The second kappa shape index (κ2) is 7.44. The molecule has 0 radical (unpaired) electrons. The molecule has 0 unspecified atom stereocenters. The highest BCUT2D eigenvalue weighted by atomic mass is 35.5. The van der Waals surface area contributed by atoms with Crippen LogP contribution < -0.4 is 11.2 Å². The molecule has 5 nitrogen and oxygen atoms in total. The molecular weight excluding hydrogens is 369 g/mol. The maximum atomic E-state index is 14.5. The van der Waals surface area contributed by atoms with Gasteiger partial charge in [-0.25, -0.2) is 4.39 Å². The average Bonchev–Trinajstić information content (AvgIpc) is 2.62. The number of fused-ring (bicyclic) bond motifs is 1. The minimum Gasteiger partial charge on any atom is -0.365 e. The number of rotatable bonds is 4. The molecule has 3 aromatic rings. The number of aromatic amines is 1. The van der Waals surface area contributed by atoms with Gasteiger partial charge in [0.15, 0.2) is 0 Å². The molecule has 134 valence electrons. The molecule has 0 atom stereocenters. The van der Waals surface area contributed by atoms with Crippen LogP contribution in [-0.2, 0) is 6.42 Å². The van der Waals surface area contributed by atoms with Crippen LogP contribution in [0.3, 0.4) is 0 Å². The fourth-order valence-corrected chi connectivity index (χ4v) is 2.97. The Balaban J connectivity index is 2.24. The quantitative estimate of drug-likeness (QED) is 0.676. The first-order valence-electron chi connectivity index (χ1n) is 7.89. The van der Waals surface area contributed by atoms with E-state index in [0.717, 1.165) is 5.56 Å². The second-order valence-electron chi connectivity index (χ2n) is 5.86. The predicted octanol–water partition coefficient (Wildman–Crippen LogP) is 3.55. The molecule has 0 spiro atoms. The second-order valence-corrected chi connectivity index (χ2v) is 6.30. The van der Waals surface area contributed by atoms with Gasteiger partial charge in [0, 0.05) is 28.6 Å². The molecule has 0 aliphatic rings. The van der Waals surface area contributed by atoms with Gasteiger partial charge in [-0.2, -0.15) is 5.26 Å². The van der Waals surface area contributed by atoms with Crippen molar-refractivity contribution in [1.82, 2.24) is 4.98 Å². The number of nitrogens with one attached hydrogen (secondary N) is 1. The average molecular weight is 382 g/mol. The highest BCUT2D eigenvalue weighted by Crippen LogP contribution is 2.21. The molecule has 0 saturated carbocycles. The Bertz CT molecular complexity index is 1180. The fourth-order valence-electron chi connectivity index (χ4n) is 2.85. The Morgan fingerprint density at radius 2 is 2.00 bits per heavy atom. The molecule has 1 aromatic heterocycles. The van der Waals surface area contributed by atoms with Crippen LogP contribution in [0.15, 0.2) is 47.3 Å². The van der Waals surface area contributed by atoms with Gasteiger partial charge in [0.05, 0.1) is 11.6 Å². The third kappa shape index (κ3) is 3.73. The van der Waals surface area contributed by atoms with E-state index in [2.05, 4.69) is 4.98 Å². The third-order valence-electron chi connectivity index (χ3n) is 4.05. The Kier molecular flexibility index (Phi) is 5.06. The lowest BCUT2D eigenvalue weighted by Gasteiger charge is -2.11. The third-order valence-corrected chi connectivity index (χ3v) is 4.30. The summed E-state index contributed by atoms with van der Waals surface area (Å²) in [7, 11) is 0. The van der Waals surface area contributed by atoms with E-state index >= 15 is 0 Å². The first-order valence-corrected chi connectivity index (χ1v) is 8.27. The summed E-state index contributed by atoms with van der Waals surface area (Å²) in [5.41, 5.74) is 5.82. The van der Waals surface area contributed by atoms with E-state index in [1.165, 1.54) is 24.3 Å². The molecule has 0 bridgehead atoms. The standard InChI is InChI=1S/C20H13ClFN3O2/c21-13-5-3-11(4-6-13)10-16-17(20(24)27)19(26)14-8-12(2-1-7-23)9-15(22)18(14)25-16/h1-6,8-9H,10H2,(H2,24,27)(H,25,26)/b2-1+. The predicted molar refractivity (Wildman–Crippen MR) is 102 cm³/mol. The van der Waals surface area contributed by atoms with Gasteiger partial charge >= 0.3 is 0 Å². The van der Waals surface area contributed by atoms with Gasteiger partial charge in [-0.05, 0) is 41.5 Å². The van der Waals surface area contributed by atoms with Crippen molar-refractivity contribution < 1.29 is 9.18 Å². The SMILES string of the molecule is N#C/C=C/c1cc(F)c2[nH]c(Cc3ccc(Cl)cc3)c(C(N)=O)c(=O)c2c1.